The number of nitrogens with one attached hydrogen (secondary N) is 1. The summed E-state index contributed by atoms with van der Waals surface area (Å²) < 4.78 is 13.7. The maximum absolute atomic E-state index is 13.7. The van der Waals surface area contributed by atoms with E-state index < -0.39 is 0 Å². The molecule has 0 aliphatic rings. The van der Waals surface area contributed by atoms with Crippen LogP contribution in [0.1, 0.15) is 37.6 Å². The minimum absolute atomic E-state index is 0.0932. The van der Waals surface area contributed by atoms with Gasteiger partial charge in [0, 0.05) is 17.7 Å². The summed E-state index contributed by atoms with van der Waals surface area (Å²) in [5, 5.41) is 2.91. The van der Waals surface area contributed by atoms with E-state index in [1.807, 2.05) is 0 Å². The first kappa shape index (κ1) is 16.2. The van der Waals surface area contributed by atoms with Crippen LogP contribution in [0.3, 0.4) is 0 Å². The predicted molar refractivity (Wildman–Crippen MR) is 88.2 cm³/mol. The smallest absolute Gasteiger partial charge is 0.251 e. The van der Waals surface area contributed by atoms with Gasteiger partial charge in [-0.15, -0.1) is 0 Å². The fourth-order valence-corrected chi connectivity index (χ4v) is 2.15. The Labute approximate surface area is 131 Å². The first-order chi connectivity index (χ1) is 10.4. The highest BCUT2D eigenvalue weighted by Crippen LogP contribution is 2.22. The van der Waals surface area contributed by atoms with Crippen molar-refractivity contribution in [3.8, 4) is 11.1 Å². The molecule has 2 rings (SSSR count). The summed E-state index contributed by atoms with van der Waals surface area (Å²) in [6, 6.07) is 13.6. The van der Waals surface area contributed by atoms with Crippen LogP contribution >= 0.6 is 0 Å². The molecule has 22 heavy (non-hydrogen) atoms. The van der Waals surface area contributed by atoms with Gasteiger partial charge in [-0.05, 0) is 35.6 Å². The number of hydrogen-bond acceptors (Lipinski definition) is 1. The molecular formula is C19H22FNO. The molecule has 0 fully saturated rings. The lowest BCUT2D eigenvalue weighted by molar-refractivity contribution is 0.0949. The summed E-state index contributed by atoms with van der Waals surface area (Å²) >= 11 is 0. The largest absolute Gasteiger partial charge is 0.352 e. The van der Waals surface area contributed by atoms with E-state index >= 15 is 0 Å². The van der Waals surface area contributed by atoms with Crippen LogP contribution in [-0.4, -0.2) is 12.5 Å². The Bertz CT molecular complexity index is 641. The van der Waals surface area contributed by atoms with Crippen LogP contribution in [0.15, 0.2) is 48.5 Å². The zero-order valence-corrected chi connectivity index (χ0v) is 13.3. The number of rotatable bonds is 4. The van der Waals surface area contributed by atoms with E-state index in [-0.39, 0.29) is 17.1 Å². The molecule has 0 radical (unpaired) electrons. The van der Waals surface area contributed by atoms with Gasteiger partial charge in [-0.2, -0.15) is 0 Å². The number of halogens is 1. The molecule has 0 spiro atoms. The maximum Gasteiger partial charge on any atom is 0.251 e. The Morgan fingerprint density at radius 1 is 1.05 bits per heavy atom. The van der Waals surface area contributed by atoms with Crippen LogP contribution < -0.4 is 5.32 Å². The zero-order valence-electron chi connectivity index (χ0n) is 13.3. The highest BCUT2D eigenvalue weighted by Gasteiger charge is 2.11. The predicted octanol–water partition coefficient (Wildman–Crippen LogP) is 4.66. The van der Waals surface area contributed by atoms with Gasteiger partial charge in [0.25, 0.3) is 5.91 Å². The molecule has 2 aromatic rings. The summed E-state index contributed by atoms with van der Waals surface area (Å²) in [5.74, 6) is -0.353. The number of amides is 1. The van der Waals surface area contributed by atoms with E-state index in [0.717, 1.165) is 12.0 Å². The number of hydrogen-bond donors (Lipinski definition) is 1. The fourth-order valence-electron chi connectivity index (χ4n) is 2.15. The third-order valence-electron chi connectivity index (χ3n) is 3.49. The Morgan fingerprint density at radius 3 is 2.27 bits per heavy atom. The van der Waals surface area contributed by atoms with Crippen LogP contribution in [0.5, 0.6) is 0 Å². The third-order valence-corrected chi connectivity index (χ3v) is 3.49. The van der Waals surface area contributed by atoms with E-state index in [1.54, 1.807) is 42.5 Å². The molecule has 0 heterocycles. The molecule has 0 aliphatic heterocycles. The Hall–Kier alpha value is -2.16. The van der Waals surface area contributed by atoms with E-state index in [4.69, 9.17) is 0 Å². The van der Waals surface area contributed by atoms with Crippen LogP contribution in [0.2, 0.25) is 0 Å². The van der Waals surface area contributed by atoms with E-state index in [1.165, 1.54) is 6.07 Å². The lowest BCUT2D eigenvalue weighted by atomic mass is 9.92. The van der Waals surface area contributed by atoms with Crippen LogP contribution in [0.4, 0.5) is 4.39 Å². The molecule has 0 bridgehead atoms. The molecule has 0 unspecified atom stereocenters. The summed E-state index contributed by atoms with van der Waals surface area (Å²) in [6.45, 7) is 7.07. The van der Waals surface area contributed by atoms with Crippen molar-refractivity contribution in [2.24, 2.45) is 5.41 Å². The van der Waals surface area contributed by atoms with Crippen LogP contribution in [0.25, 0.3) is 11.1 Å². The van der Waals surface area contributed by atoms with Crippen LogP contribution in [0, 0.1) is 11.2 Å². The van der Waals surface area contributed by atoms with Crippen molar-refractivity contribution in [1.82, 2.24) is 5.32 Å². The van der Waals surface area contributed by atoms with Crippen molar-refractivity contribution >= 4 is 5.91 Å². The van der Waals surface area contributed by atoms with E-state index in [2.05, 4.69) is 26.1 Å². The van der Waals surface area contributed by atoms with Crippen molar-refractivity contribution in [2.45, 2.75) is 27.2 Å². The van der Waals surface area contributed by atoms with Gasteiger partial charge < -0.3 is 5.32 Å². The molecule has 0 saturated heterocycles. The second-order valence-electron chi connectivity index (χ2n) is 6.62. The fraction of sp³-hybridized carbons (Fsp3) is 0.316. The van der Waals surface area contributed by atoms with Gasteiger partial charge >= 0.3 is 0 Å². The highest BCUT2D eigenvalue weighted by atomic mass is 19.1. The highest BCUT2D eigenvalue weighted by molar-refractivity contribution is 5.94. The van der Waals surface area contributed by atoms with Crippen molar-refractivity contribution in [2.75, 3.05) is 6.54 Å². The van der Waals surface area contributed by atoms with Crippen molar-refractivity contribution in [3.05, 3.63) is 59.9 Å². The molecular weight excluding hydrogens is 277 g/mol. The number of carbonyl (C=O) groups excluding carboxylic acids is 1. The second kappa shape index (κ2) is 6.73. The quantitative estimate of drug-likeness (QED) is 0.874. The molecule has 3 heteroatoms. The minimum Gasteiger partial charge on any atom is -0.352 e. The zero-order chi connectivity index (χ0) is 16.2. The molecule has 116 valence electrons. The van der Waals surface area contributed by atoms with Gasteiger partial charge in [0.2, 0.25) is 0 Å². The van der Waals surface area contributed by atoms with Crippen molar-refractivity contribution in [1.29, 1.82) is 0 Å². The molecule has 0 saturated carbocycles. The Morgan fingerprint density at radius 2 is 1.68 bits per heavy atom. The summed E-state index contributed by atoms with van der Waals surface area (Å²) in [7, 11) is 0. The van der Waals surface area contributed by atoms with Crippen molar-refractivity contribution in [3.63, 3.8) is 0 Å². The minimum atomic E-state index is -0.259. The van der Waals surface area contributed by atoms with Gasteiger partial charge in [0.05, 0.1) is 0 Å². The topological polar surface area (TPSA) is 29.1 Å². The molecule has 0 aliphatic carbocycles. The lowest BCUT2D eigenvalue weighted by Crippen LogP contribution is -2.27. The monoisotopic (exact) mass is 299 g/mol. The maximum atomic E-state index is 13.7. The normalized spacial score (nSPS) is 11.3. The summed E-state index contributed by atoms with van der Waals surface area (Å²) in [5.41, 5.74) is 2.10. The second-order valence-corrected chi connectivity index (χ2v) is 6.62. The molecule has 0 atom stereocenters. The average Bonchev–Trinajstić information content (AvgIpc) is 2.46. The standard InChI is InChI=1S/C19H22FNO/c1-19(2,3)12-13-21-18(22)15-10-8-14(9-11-15)16-6-4-5-7-17(16)20/h4-11H,12-13H2,1-3H3,(H,21,22). The van der Waals surface area contributed by atoms with E-state index in [9.17, 15) is 9.18 Å². The Balaban J connectivity index is 2.03. The molecule has 0 aromatic heterocycles. The van der Waals surface area contributed by atoms with Gasteiger partial charge in [-0.25, -0.2) is 4.39 Å². The SMILES string of the molecule is CC(C)(C)CCNC(=O)c1ccc(-c2ccccc2F)cc1. The molecule has 1 N–H and O–H groups in total. The lowest BCUT2D eigenvalue weighted by Gasteiger charge is -2.18. The first-order valence-corrected chi connectivity index (χ1v) is 7.50. The number of carbonyl (C=O) groups is 1. The number of benzene rings is 2. The van der Waals surface area contributed by atoms with Crippen molar-refractivity contribution < 1.29 is 9.18 Å². The molecule has 2 aromatic carbocycles. The molecule has 1 amide bonds. The summed E-state index contributed by atoms with van der Waals surface area (Å²) in [4.78, 5) is 12.1. The van der Waals surface area contributed by atoms with Crippen LogP contribution in [-0.2, 0) is 0 Å². The molecule has 2 nitrogen and oxygen atoms in total. The third kappa shape index (κ3) is 4.42. The van der Waals surface area contributed by atoms with E-state index in [0.29, 0.717) is 17.7 Å². The van der Waals surface area contributed by atoms with Gasteiger partial charge in [0.15, 0.2) is 0 Å². The Kier molecular flexibility index (Phi) is 4.96. The average molecular weight is 299 g/mol. The van der Waals surface area contributed by atoms with Gasteiger partial charge in [-0.1, -0.05) is 51.1 Å². The summed E-state index contributed by atoms with van der Waals surface area (Å²) in [6.07, 6.45) is 0.923. The van der Waals surface area contributed by atoms with Gasteiger partial charge in [-0.3, -0.25) is 4.79 Å². The first-order valence-electron chi connectivity index (χ1n) is 7.50. The van der Waals surface area contributed by atoms with Gasteiger partial charge in [0.1, 0.15) is 5.82 Å².